The van der Waals surface area contributed by atoms with E-state index >= 15 is 0 Å². The summed E-state index contributed by atoms with van der Waals surface area (Å²) in [5.74, 6) is -3.07. The Morgan fingerprint density at radius 2 is 1.86 bits per heavy atom. The molecule has 4 rings (SSSR count). The number of carbonyl (C=O) groups is 3. The minimum absolute atomic E-state index is 0.0318. The number of nitro benzene ring substituents is 1. The minimum Gasteiger partial charge on any atom is -0.456 e. The number of alkyl halides is 1. The normalized spacial score (nSPS) is 22.6. The number of nitro groups is 1. The fraction of sp³-hybridized carbons (Fsp3) is 0.292. The maximum absolute atomic E-state index is 13.5. The smallest absolute Gasteiger partial charge is 0.355 e. The number of esters is 1. The van der Waals surface area contributed by atoms with Crippen molar-refractivity contribution in [3.05, 3.63) is 81.5 Å². The Morgan fingerprint density at radius 3 is 2.43 bits per heavy atom. The number of carbonyl (C=O) groups excluding carboxylic acids is 3. The number of rotatable bonds is 9. The van der Waals surface area contributed by atoms with E-state index in [-0.39, 0.29) is 29.2 Å². The molecule has 13 heteroatoms. The van der Waals surface area contributed by atoms with Crippen LogP contribution >= 0.6 is 27.7 Å². The Kier molecular flexibility index (Phi) is 7.85. The molecule has 3 atom stereocenters. The first-order chi connectivity index (χ1) is 17.7. The first-order valence-electron chi connectivity index (χ1n) is 11.0. The molecule has 2 amide bonds. The summed E-state index contributed by atoms with van der Waals surface area (Å²) >= 11 is 4.56. The monoisotopic (exact) mass is 591 g/mol. The molecule has 0 spiro atoms. The number of para-hydroxylation sites is 1. The van der Waals surface area contributed by atoms with Gasteiger partial charge in [0.2, 0.25) is 5.91 Å². The first kappa shape index (κ1) is 26.6. The molecular weight excluding hydrogens is 570 g/mol. The molecule has 2 unspecified atom stereocenters. The van der Waals surface area contributed by atoms with Crippen LogP contribution in [-0.2, 0) is 30.5 Å². The second kappa shape index (κ2) is 10.9. The number of hydrogen-bond donors (Lipinski definition) is 1. The van der Waals surface area contributed by atoms with Crippen LogP contribution in [0.2, 0.25) is 0 Å². The zero-order valence-electron chi connectivity index (χ0n) is 19.7. The van der Waals surface area contributed by atoms with Gasteiger partial charge in [-0.3, -0.25) is 24.6 Å². The minimum atomic E-state index is -1.73. The maximum Gasteiger partial charge on any atom is 0.355 e. The maximum atomic E-state index is 13.5. The molecule has 0 saturated carbocycles. The average molecular weight is 592 g/mol. The number of nitrogens with zero attached hydrogens (tertiary/aromatic N) is 2. The number of thioether (sulfide) groups is 1. The third-order valence-corrected chi connectivity index (χ3v) is 7.77. The average Bonchev–Trinajstić information content (AvgIpc) is 2.90. The number of halogens is 1. The molecule has 37 heavy (non-hydrogen) atoms. The molecule has 1 N–H and O–H groups in total. The van der Waals surface area contributed by atoms with E-state index in [2.05, 4.69) is 21.2 Å². The van der Waals surface area contributed by atoms with Gasteiger partial charge in [-0.15, -0.1) is 0 Å². The van der Waals surface area contributed by atoms with Crippen LogP contribution in [0.15, 0.2) is 65.9 Å². The van der Waals surface area contributed by atoms with Gasteiger partial charge in [-0.25, -0.2) is 4.79 Å². The van der Waals surface area contributed by atoms with Crippen LogP contribution in [0.3, 0.4) is 0 Å². The van der Waals surface area contributed by atoms with Crippen molar-refractivity contribution in [3.63, 3.8) is 0 Å². The highest BCUT2D eigenvalue weighted by Crippen LogP contribution is 2.51. The van der Waals surface area contributed by atoms with E-state index in [9.17, 15) is 24.5 Å². The summed E-state index contributed by atoms with van der Waals surface area (Å²) in [7, 11) is 1.34. The van der Waals surface area contributed by atoms with Crippen LogP contribution in [0.5, 0.6) is 5.75 Å². The molecule has 2 heterocycles. The van der Waals surface area contributed by atoms with Crippen molar-refractivity contribution in [1.82, 2.24) is 10.2 Å². The Hall–Kier alpha value is -3.42. The van der Waals surface area contributed by atoms with E-state index in [0.29, 0.717) is 16.9 Å². The SMILES string of the molecule is COC1(Oc2ccccc2)C(=O)N2C(C(=O)OCc3ccc([N+](=O)[O-])cc3)=C(CBr)C(NC(C)=O)S[C@@H]21. The topological polar surface area (TPSA) is 137 Å². The lowest BCUT2D eigenvalue weighted by molar-refractivity contribution is -0.384. The first-order valence-corrected chi connectivity index (χ1v) is 13.0. The largest absolute Gasteiger partial charge is 0.456 e. The summed E-state index contributed by atoms with van der Waals surface area (Å²) < 4.78 is 17.1. The number of nitrogens with one attached hydrogen (secondary N) is 1. The number of ether oxygens (including phenoxy) is 3. The Morgan fingerprint density at radius 1 is 1.19 bits per heavy atom. The molecule has 0 aromatic heterocycles. The predicted molar refractivity (Wildman–Crippen MR) is 136 cm³/mol. The van der Waals surface area contributed by atoms with Crippen LogP contribution in [0.1, 0.15) is 12.5 Å². The summed E-state index contributed by atoms with van der Waals surface area (Å²) in [5.41, 5.74) is 0.831. The molecule has 1 fully saturated rings. The quantitative estimate of drug-likeness (QED) is 0.116. The van der Waals surface area contributed by atoms with E-state index in [0.717, 1.165) is 0 Å². The third-order valence-electron chi connectivity index (χ3n) is 5.71. The van der Waals surface area contributed by atoms with Crippen LogP contribution in [0, 0.1) is 10.1 Å². The van der Waals surface area contributed by atoms with Gasteiger partial charge >= 0.3 is 17.7 Å². The Labute approximate surface area is 224 Å². The predicted octanol–water partition coefficient (Wildman–Crippen LogP) is 3.09. The van der Waals surface area contributed by atoms with Crippen molar-refractivity contribution in [2.24, 2.45) is 0 Å². The summed E-state index contributed by atoms with van der Waals surface area (Å²) in [4.78, 5) is 50.4. The lowest BCUT2D eigenvalue weighted by Crippen LogP contribution is -2.77. The molecule has 0 bridgehead atoms. The highest BCUT2D eigenvalue weighted by Gasteiger charge is 2.69. The molecule has 1 saturated heterocycles. The molecule has 0 radical (unpaired) electrons. The van der Waals surface area contributed by atoms with Gasteiger partial charge in [-0.1, -0.05) is 45.9 Å². The fourth-order valence-electron chi connectivity index (χ4n) is 3.93. The molecule has 0 aliphatic carbocycles. The number of benzene rings is 2. The lowest BCUT2D eigenvalue weighted by Gasteiger charge is -2.56. The van der Waals surface area contributed by atoms with Gasteiger partial charge in [0.15, 0.2) is 5.37 Å². The van der Waals surface area contributed by atoms with Crippen LogP contribution in [-0.4, -0.2) is 56.6 Å². The van der Waals surface area contributed by atoms with Crippen molar-refractivity contribution in [1.29, 1.82) is 0 Å². The van der Waals surface area contributed by atoms with Crippen LogP contribution < -0.4 is 10.1 Å². The number of fused-ring (bicyclic) bond motifs is 1. The summed E-state index contributed by atoms with van der Waals surface area (Å²) in [6, 6.07) is 14.2. The highest BCUT2D eigenvalue weighted by molar-refractivity contribution is 9.09. The van der Waals surface area contributed by atoms with Gasteiger partial charge in [-0.05, 0) is 29.8 Å². The molecule has 194 valence electrons. The summed E-state index contributed by atoms with van der Waals surface area (Å²) in [6.45, 7) is 1.16. The van der Waals surface area contributed by atoms with Crippen molar-refractivity contribution in [2.45, 2.75) is 30.1 Å². The van der Waals surface area contributed by atoms with Crippen molar-refractivity contribution in [3.8, 4) is 5.75 Å². The third kappa shape index (κ3) is 5.06. The van der Waals surface area contributed by atoms with E-state index in [1.54, 1.807) is 30.3 Å². The van der Waals surface area contributed by atoms with Gasteiger partial charge in [0, 0.05) is 37.1 Å². The summed E-state index contributed by atoms with van der Waals surface area (Å²) in [6.07, 6.45) is 0. The Bertz CT molecular complexity index is 1260. The van der Waals surface area contributed by atoms with Crippen molar-refractivity contribution >= 4 is 51.2 Å². The molecule has 2 aromatic rings. The van der Waals surface area contributed by atoms with E-state index in [4.69, 9.17) is 14.2 Å². The second-order valence-corrected chi connectivity index (χ2v) is 9.79. The standard InChI is InChI=1S/C24H22BrN3O8S/c1-14(29)26-20-18(12-25)19(21(30)35-13-15-8-10-16(11-9-15)28(32)33)27-22(31)24(34-2,23(27)37-20)36-17-6-4-3-5-7-17/h3-11,20,23H,12-13H2,1-2H3,(H,26,29)/t20?,23-,24?/m1/s1. The summed E-state index contributed by atoms with van der Waals surface area (Å²) in [5, 5.41) is 12.4. The number of non-ortho nitro benzene ring substituents is 1. The lowest BCUT2D eigenvalue weighted by atomic mass is 10.0. The molecule has 2 aliphatic heterocycles. The second-order valence-electron chi connectivity index (χ2n) is 8.04. The van der Waals surface area contributed by atoms with Gasteiger partial charge < -0.3 is 19.5 Å². The van der Waals surface area contributed by atoms with E-state index in [1.165, 1.54) is 55.0 Å². The van der Waals surface area contributed by atoms with Gasteiger partial charge in [0.05, 0.1) is 4.92 Å². The molecular formula is C24H22BrN3O8S. The number of β-lactam (4-membered cyclic amide) rings is 1. The fourth-order valence-corrected chi connectivity index (χ4v) is 6.33. The zero-order chi connectivity index (χ0) is 26.7. The number of hydrogen-bond acceptors (Lipinski definition) is 9. The van der Waals surface area contributed by atoms with Crippen LogP contribution in [0.25, 0.3) is 0 Å². The van der Waals surface area contributed by atoms with Gasteiger partial charge in [0.1, 0.15) is 23.4 Å². The van der Waals surface area contributed by atoms with Crippen molar-refractivity contribution < 1.29 is 33.5 Å². The zero-order valence-corrected chi connectivity index (χ0v) is 22.1. The van der Waals surface area contributed by atoms with E-state index < -0.39 is 33.3 Å². The number of methoxy groups -OCH3 is 1. The highest BCUT2D eigenvalue weighted by atomic mass is 79.9. The molecule has 2 aliphatic rings. The van der Waals surface area contributed by atoms with Gasteiger partial charge in [0.25, 0.3) is 5.69 Å². The van der Waals surface area contributed by atoms with Crippen LogP contribution in [0.4, 0.5) is 5.69 Å². The van der Waals surface area contributed by atoms with Crippen molar-refractivity contribution in [2.75, 3.05) is 12.4 Å². The van der Waals surface area contributed by atoms with Gasteiger partial charge in [-0.2, -0.15) is 0 Å². The molecule has 11 nitrogen and oxygen atoms in total. The number of amides is 2. The molecule has 2 aromatic carbocycles. The van der Waals surface area contributed by atoms with E-state index in [1.807, 2.05) is 0 Å². The Balaban J connectivity index is 1.64.